The van der Waals surface area contributed by atoms with E-state index >= 15 is 0 Å². The second-order valence-electron chi connectivity index (χ2n) is 5.62. The minimum atomic E-state index is -0.812. The van der Waals surface area contributed by atoms with Gasteiger partial charge in [0, 0.05) is 18.1 Å². The van der Waals surface area contributed by atoms with Crippen LogP contribution >= 0.6 is 11.6 Å². The normalized spacial score (nSPS) is 11.2. The summed E-state index contributed by atoms with van der Waals surface area (Å²) in [4.78, 5) is 24.2. The van der Waals surface area contributed by atoms with Gasteiger partial charge in [-0.2, -0.15) is 5.10 Å². The fourth-order valence-corrected chi connectivity index (χ4v) is 2.30. The molecule has 0 fully saturated rings. The summed E-state index contributed by atoms with van der Waals surface area (Å²) < 4.78 is 6.01. The molecular weight excluding hydrogens is 318 g/mol. The molecule has 0 spiro atoms. The number of halogens is 1. The number of rotatable bonds is 4. The van der Waals surface area contributed by atoms with Crippen molar-refractivity contribution >= 4 is 29.3 Å². The van der Waals surface area contributed by atoms with Crippen molar-refractivity contribution in [3.63, 3.8) is 0 Å². The van der Waals surface area contributed by atoms with Gasteiger partial charge in [-0.25, -0.2) is 4.79 Å². The van der Waals surface area contributed by atoms with Crippen molar-refractivity contribution in [2.45, 2.75) is 19.3 Å². The molecule has 0 aliphatic heterocycles. The van der Waals surface area contributed by atoms with E-state index < -0.39 is 11.4 Å². The predicted molar refractivity (Wildman–Crippen MR) is 87.7 cm³/mol. The molecule has 0 unspecified atom stereocenters. The van der Waals surface area contributed by atoms with E-state index in [2.05, 4.69) is 15.2 Å². The first-order valence-corrected chi connectivity index (χ1v) is 7.33. The number of amides is 1. The topological polar surface area (TPSA) is 73.2 Å². The molecule has 0 aliphatic rings. The van der Waals surface area contributed by atoms with Crippen LogP contribution in [0.3, 0.4) is 0 Å². The molecule has 2 rings (SSSR count). The molecule has 23 heavy (non-hydrogen) atoms. The second-order valence-corrected chi connectivity index (χ2v) is 6.06. The van der Waals surface area contributed by atoms with Gasteiger partial charge in [0.2, 0.25) is 5.91 Å². The summed E-state index contributed by atoms with van der Waals surface area (Å²) in [6.45, 7) is 3.58. The van der Waals surface area contributed by atoms with Gasteiger partial charge in [-0.1, -0.05) is 23.7 Å². The van der Waals surface area contributed by atoms with E-state index in [-0.39, 0.29) is 17.4 Å². The highest BCUT2D eigenvalue weighted by molar-refractivity contribution is 6.30. The van der Waals surface area contributed by atoms with E-state index in [4.69, 9.17) is 11.6 Å². The number of hydrogen-bond acceptors (Lipinski definition) is 4. The van der Waals surface area contributed by atoms with Gasteiger partial charge < -0.3 is 10.1 Å². The number of aryl methyl sites for hydroxylation is 1. The Morgan fingerprint density at radius 3 is 2.61 bits per heavy atom. The summed E-state index contributed by atoms with van der Waals surface area (Å²) in [5.41, 5.74) is 0.225. The summed E-state index contributed by atoms with van der Waals surface area (Å²) in [5, 5.41) is 7.38. The molecule has 0 aliphatic carbocycles. The summed E-state index contributed by atoms with van der Waals surface area (Å²) in [6.07, 6.45) is 0. The number of anilines is 1. The average molecular weight is 336 g/mol. The molecule has 0 saturated heterocycles. The molecule has 0 saturated carbocycles. The maximum atomic E-state index is 12.6. The lowest BCUT2D eigenvalue weighted by Gasteiger charge is -2.23. The number of nitrogens with one attached hydrogen (secondary N) is 1. The van der Waals surface area contributed by atoms with Crippen LogP contribution in [-0.4, -0.2) is 28.8 Å². The molecule has 0 bridgehead atoms. The molecule has 1 heterocycles. The third-order valence-corrected chi connectivity index (χ3v) is 3.87. The van der Waals surface area contributed by atoms with Gasteiger partial charge in [0.05, 0.1) is 12.5 Å². The Morgan fingerprint density at radius 2 is 2.00 bits per heavy atom. The molecule has 1 aromatic carbocycles. The van der Waals surface area contributed by atoms with Gasteiger partial charge in [-0.05, 0) is 31.5 Å². The zero-order chi connectivity index (χ0) is 17.2. The van der Waals surface area contributed by atoms with Crippen molar-refractivity contribution in [2.24, 2.45) is 7.05 Å². The number of methoxy groups -OCH3 is 1. The molecule has 0 atom stereocenters. The highest BCUT2D eigenvalue weighted by Gasteiger charge is 2.31. The Kier molecular flexibility index (Phi) is 4.75. The fourth-order valence-electron chi connectivity index (χ4n) is 2.10. The molecule has 2 aromatic rings. The van der Waals surface area contributed by atoms with Gasteiger partial charge in [0.15, 0.2) is 5.82 Å². The standard InChI is InChI=1S/C16H18ClN3O3/c1-16(2,10-6-5-7-11(17)8-10)15(22)18-13-9-12(14(21)23-4)20(3)19-13/h5-9H,1-4H3,(H,18,19,22). The van der Waals surface area contributed by atoms with Gasteiger partial charge >= 0.3 is 5.97 Å². The first-order chi connectivity index (χ1) is 10.8. The SMILES string of the molecule is COC(=O)c1cc(NC(=O)C(C)(C)c2cccc(Cl)c2)nn1C. The Hall–Kier alpha value is -2.34. The van der Waals surface area contributed by atoms with E-state index in [1.54, 1.807) is 39.1 Å². The smallest absolute Gasteiger partial charge is 0.356 e. The zero-order valence-electron chi connectivity index (χ0n) is 13.4. The highest BCUT2D eigenvalue weighted by atomic mass is 35.5. The highest BCUT2D eigenvalue weighted by Crippen LogP contribution is 2.27. The van der Waals surface area contributed by atoms with Gasteiger partial charge in [0.1, 0.15) is 5.69 Å². The molecule has 6 nitrogen and oxygen atoms in total. The van der Waals surface area contributed by atoms with Crippen LogP contribution in [0.4, 0.5) is 5.82 Å². The van der Waals surface area contributed by atoms with Crippen LogP contribution in [0.25, 0.3) is 0 Å². The van der Waals surface area contributed by atoms with E-state index in [1.165, 1.54) is 17.9 Å². The Labute approximate surface area is 139 Å². The van der Waals surface area contributed by atoms with Crippen molar-refractivity contribution in [3.05, 3.63) is 46.6 Å². The number of benzene rings is 1. The van der Waals surface area contributed by atoms with Crippen molar-refractivity contribution in [1.82, 2.24) is 9.78 Å². The van der Waals surface area contributed by atoms with Crippen LogP contribution in [0, 0.1) is 0 Å². The number of hydrogen-bond donors (Lipinski definition) is 1. The number of aromatic nitrogens is 2. The lowest BCUT2D eigenvalue weighted by Crippen LogP contribution is -2.34. The van der Waals surface area contributed by atoms with E-state index in [0.717, 1.165) is 5.56 Å². The van der Waals surface area contributed by atoms with E-state index in [9.17, 15) is 9.59 Å². The quantitative estimate of drug-likeness (QED) is 0.872. The van der Waals surface area contributed by atoms with Crippen LogP contribution in [-0.2, 0) is 22.0 Å². The lowest BCUT2D eigenvalue weighted by atomic mass is 9.84. The van der Waals surface area contributed by atoms with E-state index in [1.807, 2.05) is 6.07 Å². The minimum absolute atomic E-state index is 0.253. The number of nitrogens with zero attached hydrogens (tertiary/aromatic N) is 2. The molecule has 0 radical (unpaired) electrons. The van der Waals surface area contributed by atoms with Gasteiger partial charge in [-0.15, -0.1) is 0 Å². The van der Waals surface area contributed by atoms with E-state index in [0.29, 0.717) is 5.02 Å². The third-order valence-electron chi connectivity index (χ3n) is 3.63. The third kappa shape index (κ3) is 3.53. The molecule has 1 N–H and O–H groups in total. The zero-order valence-corrected chi connectivity index (χ0v) is 14.1. The number of carbonyl (C=O) groups excluding carboxylic acids is 2. The van der Waals surface area contributed by atoms with Gasteiger partial charge in [-0.3, -0.25) is 9.48 Å². The van der Waals surface area contributed by atoms with Crippen LogP contribution in [0.1, 0.15) is 29.9 Å². The summed E-state index contributed by atoms with van der Waals surface area (Å²) in [6, 6.07) is 8.60. The second kappa shape index (κ2) is 6.42. The molecule has 1 aromatic heterocycles. The minimum Gasteiger partial charge on any atom is -0.464 e. The molecule has 7 heteroatoms. The Morgan fingerprint density at radius 1 is 1.30 bits per heavy atom. The number of esters is 1. The van der Waals surface area contributed by atoms with Crippen LogP contribution in [0.5, 0.6) is 0 Å². The Bertz CT molecular complexity index is 753. The van der Waals surface area contributed by atoms with Crippen molar-refractivity contribution < 1.29 is 14.3 Å². The maximum Gasteiger partial charge on any atom is 0.356 e. The first kappa shape index (κ1) is 17.0. The first-order valence-electron chi connectivity index (χ1n) is 6.95. The van der Waals surface area contributed by atoms with Crippen molar-refractivity contribution in [3.8, 4) is 0 Å². The summed E-state index contributed by atoms with van der Waals surface area (Å²) >= 11 is 5.99. The fraction of sp³-hybridized carbons (Fsp3) is 0.312. The molecular formula is C16H18ClN3O3. The molecule has 1 amide bonds. The molecule has 122 valence electrons. The van der Waals surface area contributed by atoms with Crippen LogP contribution in [0.2, 0.25) is 5.02 Å². The van der Waals surface area contributed by atoms with Crippen molar-refractivity contribution in [1.29, 1.82) is 0 Å². The maximum absolute atomic E-state index is 12.6. The van der Waals surface area contributed by atoms with Crippen LogP contribution < -0.4 is 5.32 Å². The van der Waals surface area contributed by atoms with Gasteiger partial charge in [0.25, 0.3) is 0 Å². The number of carbonyl (C=O) groups is 2. The summed E-state index contributed by atoms with van der Waals surface area (Å²) in [7, 11) is 2.89. The summed E-state index contributed by atoms with van der Waals surface area (Å²) in [5.74, 6) is -0.489. The lowest BCUT2D eigenvalue weighted by molar-refractivity contribution is -0.120. The Balaban J connectivity index is 2.23. The predicted octanol–water partition coefficient (Wildman–Crippen LogP) is 2.78. The van der Waals surface area contributed by atoms with Crippen molar-refractivity contribution in [2.75, 3.05) is 12.4 Å². The monoisotopic (exact) mass is 335 g/mol. The average Bonchev–Trinajstić information content (AvgIpc) is 2.87. The van der Waals surface area contributed by atoms with Crippen LogP contribution in [0.15, 0.2) is 30.3 Å². The number of ether oxygens (including phenoxy) is 1. The largest absolute Gasteiger partial charge is 0.464 e.